The van der Waals surface area contributed by atoms with E-state index in [0.717, 1.165) is 30.5 Å². The lowest BCUT2D eigenvalue weighted by Gasteiger charge is -2.20. The molecule has 0 bridgehead atoms. The zero-order valence-electron chi connectivity index (χ0n) is 27.6. The molecule has 0 amide bonds. The molecule has 242 valence electrons. The van der Waals surface area contributed by atoms with Crippen LogP contribution in [0, 0.1) is 0 Å². The van der Waals surface area contributed by atoms with Gasteiger partial charge in [-0.2, -0.15) is 14.9 Å². The van der Waals surface area contributed by atoms with Gasteiger partial charge in [-0.3, -0.25) is 14.4 Å². The van der Waals surface area contributed by atoms with E-state index in [1.807, 2.05) is 42.6 Å². The average molecular weight is 634 g/mol. The molecule has 1 N–H and O–H groups in total. The zero-order chi connectivity index (χ0) is 33.5. The van der Waals surface area contributed by atoms with Crippen LogP contribution in [0.1, 0.15) is 56.7 Å². The number of likely N-dealkylation sites (N-methyl/N-ethyl adjacent to an activating group) is 1. The molecule has 4 heterocycles. The number of rotatable bonds is 7. The van der Waals surface area contributed by atoms with Crippen LogP contribution in [0.25, 0.3) is 27.7 Å². The Balaban J connectivity index is 1.41. The lowest BCUT2D eigenvalue weighted by Crippen LogP contribution is -2.24. The van der Waals surface area contributed by atoms with Crippen molar-refractivity contribution in [1.29, 1.82) is 0 Å². The molecule has 1 saturated heterocycles. The number of carbonyl (C=O) groups is 1. The number of anilines is 2. The van der Waals surface area contributed by atoms with E-state index in [9.17, 15) is 14.4 Å². The third kappa shape index (κ3) is 6.57. The molecular weight excluding hydrogens is 594 g/mol. The lowest BCUT2D eigenvalue weighted by atomic mass is 9.86. The number of benzene rings is 2. The van der Waals surface area contributed by atoms with Crippen molar-refractivity contribution in [3.8, 4) is 16.9 Å². The number of aromatic nitrogens is 5. The molecule has 11 heteroatoms. The van der Waals surface area contributed by atoms with Gasteiger partial charge in [0.15, 0.2) is 0 Å². The molecule has 6 rings (SSSR count). The molecule has 1 aliphatic heterocycles. The molecule has 47 heavy (non-hydrogen) atoms. The molecule has 0 aliphatic carbocycles. The summed E-state index contributed by atoms with van der Waals surface area (Å²) in [4.78, 5) is 45.9. The summed E-state index contributed by atoms with van der Waals surface area (Å²) in [5.74, 6) is 0.494. The smallest absolute Gasteiger partial charge is 0.302 e. The van der Waals surface area contributed by atoms with E-state index in [2.05, 4.69) is 53.2 Å². The van der Waals surface area contributed by atoms with Crippen LogP contribution in [0.3, 0.4) is 0 Å². The number of hydrogen-bond donors (Lipinski definition) is 1. The summed E-state index contributed by atoms with van der Waals surface area (Å²) in [6, 6.07) is 16.7. The molecule has 0 radical (unpaired) electrons. The number of fused-ring (bicyclic) bond motifs is 1. The Morgan fingerprint density at radius 2 is 1.83 bits per heavy atom. The molecule has 0 saturated carbocycles. The summed E-state index contributed by atoms with van der Waals surface area (Å²) in [6.45, 7) is 9.60. The van der Waals surface area contributed by atoms with Gasteiger partial charge in [-0.1, -0.05) is 45.0 Å². The number of nitrogens with zero attached hydrogens (tertiary/aromatic N) is 6. The number of aryl methyl sites for hydroxylation is 1. The lowest BCUT2D eigenvalue weighted by molar-refractivity contribution is -0.142. The van der Waals surface area contributed by atoms with E-state index < -0.39 is 5.97 Å². The van der Waals surface area contributed by atoms with Crippen molar-refractivity contribution in [3.05, 3.63) is 104 Å². The van der Waals surface area contributed by atoms with Gasteiger partial charge in [0.05, 0.1) is 23.0 Å². The Morgan fingerprint density at radius 1 is 1.02 bits per heavy atom. The minimum absolute atomic E-state index is 0.0860. The fraction of sp³-hybridized carbons (Fsp3) is 0.333. The Morgan fingerprint density at radius 3 is 2.51 bits per heavy atom. The van der Waals surface area contributed by atoms with Crippen molar-refractivity contribution < 1.29 is 9.53 Å². The highest BCUT2D eigenvalue weighted by Gasteiger charge is 2.22. The van der Waals surface area contributed by atoms with Crippen LogP contribution < -0.4 is 16.4 Å². The van der Waals surface area contributed by atoms with E-state index in [4.69, 9.17) is 4.74 Å². The highest BCUT2D eigenvalue weighted by molar-refractivity contribution is 5.82. The number of ether oxygens (including phenoxy) is 1. The monoisotopic (exact) mass is 633 g/mol. The van der Waals surface area contributed by atoms with Crippen LogP contribution in [-0.4, -0.2) is 55.6 Å². The Labute approximate surface area is 272 Å². The van der Waals surface area contributed by atoms with Crippen LogP contribution in [0.4, 0.5) is 11.5 Å². The number of likely N-dealkylation sites (tertiary alicyclic amines) is 1. The third-order valence-corrected chi connectivity index (χ3v) is 8.70. The molecule has 1 fully saturated rings. The number of hydrogen-bond acceptors (Lipinski definition) is 9. The third-order valence-electron chi connectivity index (χ3n) is 8.70. The first-order chi connectivity index (χ1) is 22.4. The summed E-state index contributed by atoms with van der Waals surface area (Å²) in [5, 5.41) is 13.5. The van der Waals surface area contributed by atoms with Crippen LogP contribution >= 0.6 is 0 Å². The Kier molecular flexibility index (Phi) is 8.50. The molecule has 11 nitrogen and oxygen atoms in total. The summed E-state index contributed by atoms with van der Waals surface area (Å²) in [7, 11) is 3.69. The first-order valence-electron chi connectivity index (χ1n) is 15.7. The van der Waals surface area contributed by atoms with E-state index >= 15 is 0 Å². The molecule has 5 aromatic rings. The van der Waals surface area contributed by atoms with Gasteiger partial charge < -0.3 is 15.0 Å². The topological polar surface area (TPSA) is 124 Å². The number of nitrogens with one attached hydrogen (secondary N) is 1. The number of esters is 1. The van der Waals surface area contributed by atoms with Gasteiger partial charge in [0.25, 0.3) is 11.1 Å². The molecule has 0 spiro atoms. The Bertz CT molecular complexity index is 2090. The molecule has 0 unspecified atom stereocenters. The van der Waals surface area contributed by atoms with Crippen LogP contribution in [0.2, 0.25) is 0 Å². The summed E-state index contributed by atoms with van der Waals surface area (Å²) in [6.07, 6.45) is 4.62. The van der Waals surface area contributed by atoms with Gasteiger partial charge in [0, 0.05) is 43.2 Å². The van der Waals surface area contributed by atoms with Crippen molar-refractivity contribution in [1.82, 2.24) is 29.4 Å². The van der Waals surface area contributed by atoms with E-state index in [0.29, 0.717) is 39.6 Å². The first kappa shape index (κ1) is 31.8. The number of carbonyl (C=O) groups excluding carboxylic acids is 1. The minimum atomic E-state index is -0.478. The predicted octanol–water partition coefficient (Wildman–Crippen LogP) is 5.06. The van der Waals surface area contributed by atoms with Crippen LogP contribution in [0.5, 0.6) is 0 Å². The maximum atomic E-state index is 13.8. The van der Waals surface area contributed by atoms with Gasteiger partial charge >= 0.3 is 5.97 Å². The molecular formula is C36H39N7O4. The maximum Gasteiger partial charge on any atom is 0.302 e. The molecule has 2 aromatic carbocycles. The van der Waals surface area contributed by atoms with Crippen LogP contribution in [0.15, 0.2) is 76.6 Å². The first-order valence-corrected chi connectivity index (χ1v) is 15.7. The highest BCUT2D eigenvalue weighted by atomic mass is 16.5. The van der Waals surface area contributed by atoms with Gasteiger partial charge in [0.1, 0.15) is 18.1 Å². The van der Waals surface area contributed by atoms with Crippen molar-refractivity contribution in [2.45, 2.75) is 52.1 Å². The zero-order valence-corrected chi connectivity index (χ0v) is 27.6. The Hall–Kier alpha value is -5.16. The fourth-order valence-electron chi connectivity index (χ4n) is 6.02. The second kappa shape index (κ2) is 12.6. The highest BCUT2D eigenvalue weighted by Crippen LogP contribution is 2.30. The largest absolute Gasteiger partial charge is 0.461 e. The predicted molar refractivity (Wildman–Crippen MR) is 182 cm³/mol. The average Bonchev–Trinajstić information content (AvgIpc) is 3.48. The SMILES string of the molecule is CC(=O)OCc1c(-c2cc(Nc3ccc([C@H]4CCN(C)C4)cn3)c(=O)n(C)n2)cccc1-n1ncc2cc(C(C)(C)C)ccc2c1=O. The second-order valence-electron chi connectivity index (χ2n) is 13.2. The van der Waals surface area contributed by atoms with Crippen molar-refractivity contribution in [3.63, 3.8) is 0 Å². The van der Waals surface area contributed by atoms with Crippen molar-refractivity contribution >= 4 is 28.2 Å². The maximum absolute atomic E-state index is 13.8. The fourth-order valence-corrected chi connectivity index (χ4v) is 6.02. The molecule has 1 aliphatic rings. The van der Waals surface area contributed by atoms with Crippen molar-refractivity contribution in [2.24, 2.45) is 7.05 Å². The van der Waals surface area contributed by atoms with Gasteiger partial charge in [-0.05, 0) is 72.8 Å². The van der Waals surface area contributed by atoms with E-state index in [1.165, 1.54) is 21.9 Å². The van der Waals surface area contributed by atoms with E-state index in [1.54, 1.807) is 31.4 Å². The van der Waals surface area contributed by atoms with Crippen LogP contribution in [-0.2, 0) is 28.6 Å². The quantitative estimate of drug-likeness (QED) is 0.245. The van der Waals surface area contributed by atoms with Crippen molar-refractivity contribution in [2.75, 3.05) is 25.5 Å². The normalized spacial score (nSPS) is 15.2. The van der Waals surface area contributed by atoms with Gasteiger partial charge in [-0.15, -0.1) is 0 Å². The standard InChI is InChI=1S/C36H39N7O4/c1-22(44)47-21-29-28(8-7-9-32(29)43-34(45)27-12-11-26(36(2,3)4)16-25(27)19-38-43)30-17-31(35(46)42(6)40-30)39-33-13-10-23(18-37-33)24-14-15-41(5)20-24/h7-13,16-19,24H,14-15,20-21H2,1-6H3,(H,37,39)/t24-/m0/s1. The van der Waals surface area contributed by atoms with E-state index in [-0.39, 0.29) is 28.8 Å². The summed E-state index contributed by atoms with van der Waals surface area (Å²) in [5.41, 5.74) is 3.78. The van der Waals surface area contributed by atoms with Gasteiger partial charge in [0.2, 0.25) is 0 Å². The summed E-state index contributed by atoms with van der Waals surface area (Å²) >= 11 is 0. The second-order valence-corrected chi connectivity index (χ2v) is 13.2. The van der Waals surface area contributed by atoms with Gasteiger partial charge in [-0.25, -0.2) is 9.67 Å². The molecule has 3 aromatic heterocycles. The number of pyridine rings is 1. The minimum Gasteiger partial charge on any atom is -0.461 e. The molecule has 1 atom stereocenters. The summed E-state index contributed by atoms with van der Waals surface area (Å²) < 4.78 is 8.03.